The summed E-state index contributed by atoms with van der Waals surface area (Å²) in [5.74, 6) is 0.892. The summed E-state index contributed by atoms with van der Waals surface area (Å²) < 4.78 is 1.94. The SMILES string of the molecule is O=C(Cc1cn2ccsc2n1)NCCSc1ccccc1. The smallest absolute Gasteiger partial charge is 0.226 e. The molecule has 4 nitrogen and oxygen atoms in total. The van der Waals surface area contributed by atoms with E-state index >= 15 is 0 Å². The number of nitrogens with one attached hydrogen (secondary N) is 1. The molecule has 3 rings (SSSR count). The van der Waals surface area contributed by atoms with Gasteiger partial charge in [-0.15, -0.1) is 23.1 Å². The molecule has 2 heterocycles. The van der Waals surface area contributed by atoms with Crippen LogP contribution in [0, 0.1) is 0 Å². The molecule has 1 N–H and O–H groups in total. The Balaban J connectivity index is 1.41. The normalized spacial score (nSPS) is 10.9. The summed E-state index contributed by atoms with van der Waals surface area (Å²) in [5, 5.41) is 4.91. The quantitative estimate of drug-likeness (QED) is 0.562. The van der Waals surface area contributed by atoms with Crippen molar-refractivity contribution in [2.75, 3.05) is 12.3 Å². The monoisotopic (exact) mass is 317 g/mol. The molecule has 0 unspecified atom stereocenters. The molecule has 0 radical (unpaired) electrons. The third-order valence-corrected chi connectivity index (χ3v) is 4.71. The maximum absolute atomic E-state index is 11.9. The van der Waals surface area contributed by atoms with E-state index in [-0.39, 0.29) is 5.91 Å². The van der Waals surface area contributed by atoms with Crippen molar-refractivity contribution < 1.29 is 4.79 Å². The maximum atomic E-state index is 11.9. The van der Waals surface area contributed by atoms with Crippen LogP contribution in [0.5, 0.6) is 0 Å². The van der Waals surface area contributed by atoms with Crippen LogP contribution in [0.1, 0.15) is 5.69 Å². The van der Waals surface area contributed by atoms with Gasteiger partial charge in [-0.05, 0) is 12.1 Å². The molecule has 0 fully saturated rings. The second kappa shape index (κ2) is 6.78. The number of hydrogen-bond donors (Lipinski definition) is 1. The van der Waals surface area contributed by atoms with Gasteiger partial charge in [0.15, 0.2) is 4.96 Å². The summed E-state index contributed by atoms with van der Waals surface area (Å²) in [6, 6.07) is 10.2. The minimum atomic E-state index is 0.0226. The van der Waals surface area contributed by atoms with Crippen molar-refractivity contribution in [1.82, 2.24) is 14.7 Å². The highest BCUT2D eigenvalue weighted by Gasteiger charge is 2.07. The van der Waals surface area contributed by atoms with Crippen LogP contribution in [-0.4, -0.2) is 27.6 Å². The first-order chi connectivity index (χ1) is 10.3. The van der Waals surface area contributed by atoms with Gasteiger partial charge in [-0.1, -0.05) is 18.2 Å². The molecular formula is C15H15N3OS2. The number of fused-ring (bicyclic) bond motifs is 1. The average molecular weight is 317 g/mol. The van der Waals surface area contributed by atoms with E-state index in [9.17, 15) is 4.79 Å². The van der Waals surface area contributed by atoms with Crippen molar-refractivity contribution in [1.29, 1.82) is 0 Å². The molecule has 3 aromatic rings. The number of benzene rings is 1. The number of amides is 1. The van der Waals surface area contributed by atoms with Gasteiger partial charge in [0.05, 0.1) is 12.1 Å². The predicted molar refractivity (Wildman–Crippen MR) is 86.9 cm³/mol. The fourth-order valence-electron chi connectivity index (χ4n) is 1.96. The Kier molecular flexibility index (Phi) is 4.57. The third kappa shape index (κ3) is 3.86. The summed E-state index contributed by atoms with van der Waals surface area (Å²) >= 11 is 3.31. The van der Waals surface area contributed by atoms with E-state index in [2.05, 4.69) is 22.4 Å². The lowest BCUT2D eigenvalue weighted by atomic mass is 10.3. The van der Waals surface area contributed by atoms with Gasteiger partial charge in [0.2, 0.25) is 5.91 Å². The maximum Gasteiger partial charge on any atom is 0.226 e. The summed E-state index contributed by atoms with van der Waals surface area (Å²) in [6.45, 7) is 0.667. The standard InChI is InChI=1S/C15H15N3OS2/c19-14(10-12-11-18-7-9-21-15(18)17-12)16-6-8-20-13-4-2-1-3-5-13/h1-5,7,9,11H,6,8,10H2,(H,16,19). The van der Waals surface area contributed by atoms with Crippen molar-refractivity contribution in [2.45, 2.75) is 11.3 Å². The van der Waals surface area contributed by atoms with Crippen LogP contribution in [-0.2, 0) is 11.2 Å². The molecule has 0 aliphatic rings. The second-order valence-corrected chi connectivity index (χ2v) is 6.55. The van der Waals surface area contributed by atoms with Crippen LogP contribution in [0.3, 0.4) is 0 Å². The van der Waals surface area contributed by atoms with Crippen molar-refractivity contribution in [3.8, 4) is 0 Å². The highest BCUT2D eigenvalue weighted by atomic mass is 32.2. The van der Waals surface area contributed by atoms with Crippen molar-refractivity contribution in [3.63, 3.8) is 0 Å². The molecule has 1 aromatic carbocycles. The van der Waals surface area contributed by atoms with Gasteiger partial charge in [0, 0.05) is 35.0 Å². The van der Waals surface area contributed by atoms with Crippen LogP contribution < -0.4 is 5.32 Å². The van der Waals surface area contributed by atoms with Crippen LogP contribution in [0.2, 0.25) is 0 Å². The Morgan fingerprint density at radius 3 is 3.00 bits per heavy atom. The molecule has 0 atom stereocenters. The molecule has 6 heteroatoms. The van der Waals surface area contributed by atoms with Crippen LogP contribution in [0.25, 0.3) is 4.96 Å². The van der Waals surface area contributed by atoms with Gasteiger partial charge < -0.3 is 5.32 Å². The summed E-state index contributed by atoms with van der Waals surface area (Å²) in [7, 11) is 0. The van der Waals surface area contributed by atoms with Gasteiger partial charge >= 0.3 is 0 Å². The lowest BCUT2D eigenvalue weighted by Gasteiger charge is -2.04. The van der Waals surface area contributed by atoms with Gasteiger partial charge in [-0.3, -0.25) is 9.20 Å². The number of thiazole rings is 1. The molecule has 21 heavy (non-hydrogen) atoms. The molecule has 0 aliphatic carbocycles. The summed E-state index contributed by atoms with van der Waals surface area (Å²) in [5.41, 5.74) is 0.815. The fraction of sp³-hybridized carbons (Fsp3) is 0.200. The number of carbonyl (C=O) groups excluding carboxylic acids is 1. The van der Waals surface area contributed by atoms with Crippen LogP contribution >= 0.6 is 23.1 Å². The number of nitrogens with zero attached hydrogens (tertiary/aromatic N) is 2. The van der Waals surface area contributed by atoms with Crippen molar-refractivity contribution in [3.05, 3.63) is 53.8 Å². The minimum absolute atomic E-state index is 0.0226. The molecule has 0 spiro atoms. The zero-order chi connectivity index (χ0) is 14.5. The Bertz CT molecular complexity index is 692. The van der Waals surface area contributed by atoms with E-state index in [1.54, 1.807) is 23.1 Å². The number of aromatic nitrogens is 2. The first-order valence-electron chi connectivity index (χ1n) is 6.67. The van der Waals surface area contributed by atoms with E-state index in [1.165, 1.54) is 4.90 Å². The first-order valence-corrected chi connectivity index (χ1v) is 8.53. The molecule has 2 aromatic heterocycles. The first kappa shape index (κ1) is 14.2. The molecule has 0 saturated heterocycles. The Hall–Kier alpha value is -1.79. The average Bonchev–Trinajstić information content (AvgIpc) is 3.06. The van der Waals surface area contributed by atoms with Gasteiger partial charge in [-0.2, -0.15) is 0 Å². The number of hydrogen-bond acceptors (Lipinski definition) is 4. The zero-order valence-electron chi connectivity index (χ0n) is 11.4. The second-order valence-electron chi connectivity index (χ2n) is 4.51. The molecular weight excluding hydrogens is 302 g/mol. The van der Waals surface area contributed by atoms with Crippen LogP contribution in [0.15, 0.2) is 53.0 Å². The highest BCUT2D eigenvalue weighted by Crippen LogP contribution is 2.15. The minimum Gasteiger partial charge on any atom is -0.355 e. The predicted octanol–water partition coefficient (Wildman–Crippen LogP) is 2.85. The lowest BCUT2D eigenvalue weighted by molar-refractivity contribution is -0.120. The molecule has 0 aliphatic heterocycles. The topological polar surface area (TPSA) is 46.4 Å². The summed E-state index contributed by atoms with van der Waals surface area (Å²) in [6.07, 6.45) is 4.19. The third-order valence-electron chi connectivity index (χ3n) is 2.92. The molecule has 1 amide bonds. The number of carbonyl (C=O) groups is 1. The van der Waals surface area contributed by atoms with Gasteiger partial charge in [0.1, 0.15) is 0 Å². The number of thioether (sulfide) groups is 1. The van der Waals surface area contributed by atoms with Crippen LogP contribution in [0.4, 0.5) is 0 Å². The van der Waals surface area contributed by atoms with E-state index in [0.717, 1.165) is 16.4 Å². The van der Waals surface area contributed by atoms with Gasteiger partial charge in [-0.25, -0.2) is 4.98 Å². The number of rotatable bonds is 6. The Labute approximate surface area is 131 Å². The van der Waals surface area contributed by atoms with E-state index in [4.69, 9.17) is 0 Å². The fourth-order valence-corrected chi connectivity index (χ4v) is 3.47. The van der Waals surface area contributed by atoms with E-state index in [0.29, 0.717) is 13.0 Å². The molecule has 0 saturated carbocycles. The highest BCUT2D eigenvalue weighted by molar-refractivity contribution is 7.99. The van der Waals surface area contributed by atoms with E-state index < -0.39 is 0 Å². The molecule has 0 bridgehead atoms. The van der Waals surface area contributed by atoms with E-state index in [1.807, 2.05) is 40.4 Å². The van der Waals surface area contributed by atoms with Crippen molar-refractivity contribution in [2.24, 2.45) is 0 Å². The summed E-state index contributed by atoms with van der Waals surface area (Å²) in [4.78, 5) is 18.4. The zero-order valence-corrected chi connectivity index (χ0v) is 13.0. The molecule has 108 valence electrons. The van der Waals surface area contributed by atoms with Gasteiger partial charge in [0.25, 0.3) is 0 Å². The lowest BCUT2D eigenvalue weighted by Crippen LogP contribution is -2.27. The Morgan fingerprint density at radius 2 is 2.19 bits per heavy atom. The Morgan fingerprint density at radius 1 is 1.33 bits per heavy atom. The van der Waals surface area contributed by atoms with Crippen molar-refractivity contribution >= 4 is 34.0 Å². The largest absolute Gasteiger partial charge is 0.355 e. The number of imidazole rings is 1.